The van der Waals surface area contributed by atoms with Crippen LogP contribution in [0.4, 0.5) is 0 Å². The van der Waals surface area contributed by atoms with Gasteiger partial charge in [0.15, 0.2) is 0 Å². The van der Waals surface area contributed by atoms with Crippen LogP contribution in [-0.2, 0) is 4.74 Å². The lowest BCUT2D eigenvalue weighted by atomic mass is 9.69. The van der Waals surface area contributed by atoms with E-state index in [0.29, 0.717) is 23.5 Å². The van der Waals surface area contributed by atoms with Gasteiger partial charge in [-0.25, -0.2) is 0 Å². The fraction of sp³-hybridized carbons (Fsp3) is 1.00. The Bertz CT molecular complexity index is 313. The summed E-state index contributed by atoms with van der Waals surface area (Å²) >= 11 is 0. The maximum absolute atomic E-state index is 5.65. The number of nitrogens with one attached hydrogen (secondary N) is 1. The van der Waals surface area contributed by atoms with Crippen molar-refractivity contribution in [2.24, 2.45) is 11.3 Å². The van der Waals surface area contributed by atoms with Crippen LogP contribution in [0.15, 0.2) is 0 Å². The van der Waals surface area contributed by atoms with Gasteiger partial charge in [0.05, 0.1) is 13.2 Å². The highest BCUT2D eigenvalue weighted by atomic mass is 16.5. The molecule has 1 saturated carbocycles. The minimum absolute atomic E-state index is 0.434. The number of rotatable bonds is 4. The quantitative estimate of drug-likeness (QED) is 0.861. The van der Waals surface area contributed by atoms with Crippen molar-refractivity contribution in [3.8, 4) is 0 Å². The van der Waals surface area contributed by atoms with Gasteiger partial charge in [-0.15, -0.1) is 0 Å². The first-order valence-electron chi connectivity index (χ1n) is 9.00. The van der Waals surface area contributed by atoms with Gasteiger partial charge in [-0.1, -0.05) is 27.7 Å². The van der Waals surface area contributed by atoms with Gasteiger partial charge in [0.25, 0.3) is 0 Å². The predicted molar refractivity (Wildman–Crippen MR) is 89.7 cm³/mol. The first-order chi connectivity index (χ1) is 9.93. The molecular formula is C18H36N2O. The van der Waals surface area contributed by atoms with E-state index in [-0.39, 0.29) is 0 Å². The third-order valence-electron chi connectivity index (χ3n) is 5.54. The Morgan fingerprint density at radius 2 is 2.00 bits per heavy atom. The molecule has 0 bridgehead atoms. The van der Waals surface area contributed by atoms with Gasteiger partial charge >= 0.3 is 0 Å². The topological polar surface area (TPSA) is 24.5 Å². The summed E-state index contributed by atoms with van der Waals surface area (Å²) in [5, 5.41) is 3.83. The van der Waals surface area contributed by atoms with E-state index in [1.807, 2.05) is 0 Å². The molecule has 124 valence electrons. The molecule has 1 heterocycles. The normalized spacial score (nSPS) is 35.9. The molecule has 4 unspecified atom stereocenters. The van der Waals surface area contributed by atoms with Gasteiger partial charge < -0.3 is 10.1 Å². The van der Waals surface area contributed by atoms with Crippen LogP contribution in [0.5, 0.6) is 0 Å². The molecule has 2 aliphatic rings. The molecule has 0 aromatic heterocycles. The summed E-state index contributed by atoms with van der Waals surface area (Å²) in [7, 11) is 0. The summed E-state index contributed by atoms with van der Waals surface area (Å²) in [5.41, 5.74) is 0.434. The molecule has 0 spiro atoms. The minimum Gasteiger partial charge on any atom is -0.379 e. The highest BCUT2D eigenvalue weighted by Crippen LogP contribution is 2.40. The summed E-state index contributed by atoms with van der Waals surface area (Å²) in [6.07, 6.45) is 5.27. The average Bonchev–Trinajstić information content (AvgIpc) is 2.44. The second-order valence-electron chi connectivity index (χ2n) is 8.17. The van der Waals surface area contributed by atoms with Crippen LogP contribution in [0.3, 0.4) is 0 Å². The molecule has 0 radical (unpaired) electrons. The summed E-state index contributed by atoms with van der Waals surface area (Å²) in [5.74, 6) is 0.845. The SMILES string of the molecule is CCCNC1CCC(C(C)(C)C)CC1N1CCOCC1C. The van der Waals surface area contributed by atoms with Crippen molar-refractivity contribution in [1.29, 1.82) is 0 Å². The van der Waals surface area contributed by atoms with Gasteiger partial charge in [0.1, 0.15) is 0 Å². The molecule has 0 aromatic carbocycles. The van der Waals surface area contributed by atoms with E-state index >= 15 is 0 Å². The van der Waals surface area contributed by atoms with Crippen molar-refractivity contribution in [2.45, 2.75) is 78.4 Å². The molecule has 1 aliphatic carbocycles. The van der Waals surface area contributed by atoms with Crippen molar-refractivity contribution in [2.75, 3.05) is 26.3 Å². The Morgan fingerprint density at radius 3 is 2.62 bits per heavy atom. The number of hydrogen-bond acceptors (Lipinski definition) is 3. The van der Waals surface area contributed by atoms with Gasteiger partial charge in [-0.3, -0.25) is 4.90 Å². The molecule has 2 fully saturated rings. The third kappa shape index (κ3) is 4.43. The van der Waals surface area contributed by atoms with Crippen molar-refractivity contribution in [1.82, 2.24) is 10.2 Å². The standard InChI is InChI=1S/C18H36N2O/c1-6-9-19-16-8-7-15(18(3,4)5)12-17(16)20-10-11-21-13-14(20)2/h14-17,19H,6-13H2,1-5H3. The van der Waals surface area contributed by atoms with Crippen molar-refractivity contribution < 1.29 is 4.74 Å². The van der Waals surface area contributed by atoms with Crippen LogP contribution in [0.2, 0.25) is 0 Å². The fourth-order valence-electron chi connectivity index (χ4n) is 4.10. The van der Waals surface area contributed by atoms with E-state index in [2.05, 4.69) is 44.8 Å². The zero-order chi connectivity index (χ0) is 15.5. The number of morpholine rings is 1. The highest BCUT2D eigenvalue weighted by Gasteiger charge is 2.40. The Morgan fingerprint density at radius 1 is 1.24 bits per heavy atom. The number of nitrogens with zero attached hydrogens (tertiary/aromatic N) is 1. The molecular weight excluding hydrogens is 260 g/mol. The van der Waals surface area contributed by atoms with Crippen molar-refractivity contribution >= 4 is 0 Å². The molecule has 1 saturated heterocycles. The lowest BCUT2D eigenvalue weighted by Crippen LogP contribution is -2.59. The van der Waals surface area contributed by atoms with E-state index < -0.39 is 0 Å². The van der Waals surface area contributed by atoms with E-state index in [1.165, 1.54) is 25.7 Å². The van der Waals surface area contributed by atoms with Crippen LogP contribution in [0.1, 0.15) is 60.3 Å². The van der Waals surface area contributed by atoms with Gasteiger partial charge in [-0.2, -0.15) is 0 Å². The second-order valence-corrected chi connectivity index (χ2v) is 8.17. The Balaban J connectivity index is 2.08. The molecule has 0 amide bonds. The van der Waals surface area contributed by atoms with Crippen molar-refractivity contribution in [3.63, 3.8) is 0 Å². The smallest absolute Gasteiger partial charge is 0.0619 e. The van der Waals surface area contributed by atoms with E-state index in [0.717, 1.165) is 32.2 Å². The minimum atomic E-state index is 0.434. The maximum Gasteiger partial charge on any atom is 0.0619 e. The lowest BCUT2D eigenvalue weighted by molar-refractivity contribution is -0.0490. The molecule has 3 heteroatoms. The largest absolute Gasteiger partial charge is 0.379 e. The Kier molecular flexibility index (Phi) is 6.10. The summed E-state index contributed by atoms with van der Waals surface area (Å²) < 4.78 is 5.65. The van der Waals surface area contributed by atoms with E-state index in [1.54, 1.807) is 0 Å². The summed E-state index contributed by atoms with van der Waals surface area (Å²) in [6, 6.07) is 1.92. The zero-order valence-corrected chi connectivity index (χ0v) is 14.8. The average molecular weight is 296 g/mol. The predicted octanol–water partition coefficient (Wildman–Crippen LogP) is 3.29. The molecule has 0 aromatic rings. The number of ether oxygens (including phenoxy) is 1. The van der Waals surface area contributed by atoms with Crippen LogP contribution in [-0.4, -0.2) is 49.3 Å². The Hall–Kier alpha value is -0.120. The molecule has 1 aliphatic heterocycles. The molecule has 2 rings (SSSR count). The first kappa shape index (κ1) is 17.2. The molecule has 21 heavy (non-hydrogen) atoms. The van der Waals surface area contributed by atoms with Crippen LogP contribution >= 0.6 is 0 Å². The lowest BCUT2D eigenvalue weighted by Gasteiger charge is -2.49. The van der Waals surface area contributed by atoms with Crippen LogP contribution in [0, 0.1) is 11.3 Å². The highest BCUT2D eigenvalue weighted by molar-refractivity contribution is 4.96. The van der Waals surface area contributed by atoms with Gasteiger partial charge in [-0.05, 0) is 50.5 Å². The second kappa shape index (κ2) is 7.43. The van der Waals surface area contributed by atoms with Crippen LogP contribution in [0.25, 0.3) is 0 Å². The van der Waals surface area contributed by atoms with E-state index in [9.17, 15) is 0 Å². The molecule has 3 nitrogen and oxygen atoms in total. The van der Waals surface area contributed by atoms with Crippen LogP contribution < -0.4 is 5.32 Å². The number of hydrogen-bond donors (Lipinski definition) is 1. The molecule has 1 N–H and O–H groups in total. The summed E-state index contributed by atoms with van der Waals surface area (Å²) in [6.45, 7) is 15.9. The monoisotopic (exact) mass is 296 g/mol. The fourth-order valence-corrected chi connectivity index (χ4v) is 4.10. The van der Waals surface area contributed by atoms with Gasteiger partial charge in [0.2, 0.25) is 0 Å². The molecule has 4 atom stereocenters. The Labute approximate surface area is 131 Å². The van der Waals surface area contributed by atoms with Gasteiger partial charge in [0, 0.05) is 24.7 Å². The maximum atomic E-state index is 5.65. The van der Waals surface area contributed by atoms with Crippen molar-refractivity contribution in [3.05, 3.63) is 0 Å². The third-order valence-corrected chi connectivity index (χ3v) is 5.54. The first-order valence-corrected chi connectivity index (χ1v) is 9.00. The van der Waals surface area contributed by atoms with E-state index in [4.69, 9.17) is 4.74 Å². The summed E-state index contributed by atoms with van der Waals surface area (Å²) in [4.78, 5) is 2.73. The zero-order valence-electron chi connectivity index (χ0n) is 14.8.